The molecule has 1 aromatic carbocycles. The zero-order chi connectivity index (χ0) is 25.9. The summed E-state index contributed by atoms with van der Waals surface area (Å²) in [6.45, 7) is 11.0. The number of ketones is 1. The van der Waals surface area contributed by atoms with Crippen LogP contribution in [0.3, 0.4) is 0 Å². The summed E-state index contributed by atoms with van der Waals surface area (Å²) < 4.78 is 6.96. The lowest BCUT2D eigenvalue weighted by atomic mass is 9.73. The van der Waals surface area contributed by atoms with E-state index in [1.165, 1.54) is 5.57 Å². The van der Waals surface area contributed by atoms with Crippen LogP contribution in [-0.2, 0) is 14.3 Å². The average Bonchev–Trinajstić information content (AvgIpc) is 3.18. The van der Waals surface area contributed by atoms with Crippen molar-refractivity contribution in [3.8, 4) is 0 Å². The number of rotatable bonds is 1. The Hall–Kier alpha value is -2.09. The summed E-state index contributed by atoms with van der Waals surface area (Å²) in [5, 5.41) is 22.6. The Labute approximate surface area is 212 Å². The van der Waals surface area contributed by atoms with Gasteiger partial charge in [0.25, 0.3) is 0 Å². The van der Waals surface area contributed by atoms with Crippen molar-refractivity contribution in [1.29, 1.82) is 0 Å². The van der Waals surface area contributed by atoms with E-state index in [9.17, 15) is 19.8 Å². The van der Waals surface area contributed by atoms with Crippen molar-refractivity contribution >= 4 is 33.3 Å². The second-order valence-corrected chi connectivity index (χ2v) is 11.9. The van der Waals surface area contributed by atoms with E-state index >= 15 is 0 Å². The van der Waals surface area contributed by atoms with Crippen molar-refractivity contribution in [2.75, 3.05) is 0 Å². The number of cyclic esters (lactones) is 1. The number of carbonyl (C=O) groups is 2. The van der Waals surface area contributed by atoms with Crippen LogP contribution in [0.25, 0.3) is 10.2 Å². The SMILES string of the molecule is C/C1=C/C[C@@H](c2ccc3sc(C)nc3c2)OC(=O)C[C@H](O)C(C)(C)C(=O)C(C)[C@@H](O)C(C)CCC1. The van der Waals surface area contributed by atoms with Crippen LogP contribution in [0, 0.1) is 24.2 Å². The highest BCUT2D eigenvalue weighted by atomic mass is 32.1. The number of carbonyl (C=O) groups excluding carboxylic acids is 2. The van der Waals surface area contributed by atoms with Gasteiger partial charge >= 0.3 is 5.97 Å². The molecule has 0 radical (unpaired) electrons. The minimum atomic E-state index is -1.22. The molecule has 2 unspecified atom stereocenters. The third-order valence-corrected chi connectivity index (χ3v) is 8.36. The molecule has 2 aromatic rings. The Kier molecular flexibility index (Phi) is 8.89. The largest absolute Gasteiger partial charge is 0.457 e. The van der Waals surface area contributed by atoms with Crippen LogP contribution in [-0.4, -0.2) is 39.2 Å². The van der Waals surface area contributed by atoms with Crippen molar-refractivity contribution in [2.24, 2.45) is 17.3 Å². The molecule has 0 bridgehead atoms. The molecule has 1 aliphatic rings. The molecule has 7 heteroatoms. The fourth-order valence-electron chi connectivity index (χ4n) is 4.81. The standard InChI is InChI=1S/C28H39NO5S/c1-16-8-7-9-17(2)26(32)18(3)27(33)28(5,6)24(30)15-25(31)34-22(12-10-16)20-11-13-23-21(14-20)29-19(4)35-23/h10-11,13-14,17-18,22,24,26,30,32H,7-9,12,15H2,1-6H3/b16-10-/t17?,18?,22-,24-,26-/m0/s1. The van der Waals surface area contributed by atoms with Crippen molar-refractivity contribution in [2.45, 2.75) is 92.0 Å². The van der Waals surface area contributed by atoms with E-state index in [-0.39, 0.29) is 18.1 Å². The summed E-state index contributed by atoms with van der Waals surface area (Å²) >= 11 is 1.62. The molecule has 1 aliphatic heterocycles. The lowest BCUT2D eigenvalue weighted by molar-refractivity contribution is -0.155. The number of aryl methyl sites for hydroxylation is 1. The number of aliphatic hydroxyl groups excluding tert-OH is 2. The maximum atomic E-state index is 13.2. The quantitative estimate of drug-likeness (QED) is 0.385. The summed E-state index contributed by atoms with van der Waals surface area (Å²) in [6.07, 6.45) is 2.35. The lowest BCUT2D eigenvalue weighted by Crippen LogP contribution is -2.45. The van der Waals surface area contributed by atoms with E-state index in [1.807, 2.05) is 32.0 Å². The van der Waals surface area contributed by atoms with Gasteiger partial charge in [-0.2, -0.15) is 0 Å². The summed E-state index contributed by atoms with van der Waals surface area (Å²) in [5.41, 5.74) is 1.73. The molecule has 1 aromatic heterocycles. The Morgan fingerprint density at radius 3 is 2.57 bits per heavy atom. The number of allylic oxidation sites excluding steroid dienone is 1. The van der Waals surface area contributed by atoms with Crippen LogP contribution in [0.1, 0.15) is 83.4 Å². The molecule has 0 saturated carbocycles. The summed E-state index contributed by atoms with van der Waals surface area (Å²) in [4.78, 5) is 30.7. The molecule has 35 heavy (non-hydrogen) atoms. The molecule has 0 saturated heterocycles. The number of ether oxygens (including phenoxy) is 1. The van der Waals surface area contributed by atoms with Gasteiger partial charge in [0, 0.05) is 12.3 Å². The van der Waals surface area contributed by atoms with Gasteiger partial charge in [0.05, 0.1) is 39.3 Å². The van der Waals surface area contributed by atoms with E-state index in [0.717, 1.165) is 40.1 Å². The van der Waals surface area contributed by atoms with Gasteiger partial charge in [-0.05, 0) is 56.7 Å². The fourth-order valence-corrected chi connectivity index (χ4v) is 5.62. The molecule has 3 rings (SSSR count). The first kappa shape index (κ1) is 27.5. The van der Waals surface area contributed by atoms with E-state index in [1.54, 1.807) is 32.1 Å². The number of Topliss-reactive ketones (excluding diaryl/α,β-unsaturated/α-hetero) is 1. The van der Waals surface area contributed by atoms with E-state index < -0.39 is 35.6 Å². The number of aliphatic hydroxyl groups is 2. The highest BCUT2D eigenvalue weighted by Crippen LogP contribution is 2.34. The minimum Gasteiger partial charge on any atom is -0.457 e. The van der Waals surface area contributed by atoms with Crippen molar-refractivity contribution < 1.29 is 24.5 Å². The summed E-state index contributed by atoms with van der Waals surface area (Å²) in [7, 11) is 0. The van der Waals surface area contributed by atoms with Crippen LogP contribution >= 0.6 is 11.3 Å². The van der Waals surface area contributed by atoms with Gasteiger partial charge in [-0.3, -0.25) is 9.59 Å². The van der Waals surface area contributed by atoms with E-state index in [4.69, 9.17) is 4.74 Å². The summed E-state index contributed by atoms with van der Waals surface area (Å²) in [5.74, 6) is -1.50. The average molecular weight is 502 g/mol. The number of hydrogen-bond donors (Lipinski definition) is 2. The van der Waals surface area contributed by atoms with Crippen LogP contribution in [0.15, 0.2) is 29.8 Å². The number of hydrogen-bond acceptors (Lipinski definition) is 7. The normalized spacial score (nSPS) is 31.1. The van der Waals surface area contributed by atoms with Gasteiger partial charge in [0.2, 0.25) is 0 Å². The zero-order valence-corrected chi connectivity index (χ0v) is 22.5. The van der Waals surface area contributed by atoms with Crippen molar-refractivity contribution in [3.63, 3.8) is 0 Å². The maximum Gasteiger partial charge on any atom is 0.309 e. The van der Waals surface area contributed by atoms with Crippen molar-refractivity contribution in [1.82, 2.24) is 4.98 Å². The Morgan fingerprint density at radius 1 is 1.14 bits per heavy atom. The molecule has 192 valence electrons. The highest BCUT2D eigenvalue weighted by molar-refractivity contribution is 7.18. The fraction of sp³-hybridized carbons (Fsp3) is 0.607. The zero-order valence-electron chi connectivity index (χ0n) is 21.7. The molecule has 6 nitrogen and oxygen atoms in total. The Morgan fingerprint density at radius 2 is 1.86 bits per heavy atom. The van der Waals surface area contributed by atoms with E-state index in [0.29, 0.717) is 6.42 Å². The molecule has 0 amide bonds. The third kappa shape index (κ3) is 6.57. The van der Waals surface area contributed by atoms with Gasteiger partial charge in [-0.25, -0.2) is 4.98 Å². The summed E-state index contributed by atoms with van der Waals surface area (Å²) in [6, 6.07) is 5.93. The van der Waals surface area contributed by atoms with Gasteiger partial charge in [-0.15, -0.1) is 11.3 Å². The first-order valence-corrected chi connectivity index (χ1v) is 13.3. The van der Waals surface area contributed by atoms with Gasteiger partial charge < -0.3 is 14.9 Å². The third-order valence-electron chi connectivity index (χ3n) is 7.41. The predicted octanol–water partition coefficient (Wildman–Crippen LogP) is 5.69. The second-order valence-electron chi connectivity index (χ2n) is 10.7. The predicted molar refractivity (Wildman–Crippen MR) is 139 cm³/mol. The van der Waals surface area contributed by atoms with Crippen LogP contribution in [0.5, 0.6) is 0 Å². The molecule has 2 heterocycles. The molecular weight excluding hydrogens is 462 g/mol. The first-order chi connectivity index (χ1) is 16.4. The molecular formula is C28H39NO5S. The van der Waals surface area contributed by atoms with Crippen LogP contribution in [0.4, 0.5) is 0 Å². The number of benzene rings is 1. The Balaban J connectivity index is 1.91. The Bertz CT molecular complexity index is 1090. The van der Waals surface area contributed by atoms with E-state index in [2.05, 4.69) is 18.0 Å². The molecule has 5 atom stereocenters. The lowest BCUT2D eigenvalue weighted by Gasteiger charge is -2.34. The number of fused-ring (bicyclic) bond motifs is 1. The molecule has 0 aliphatic carbocycles. The second kappa shape index (κ2) is 11.3. The highest BCUT2D eigenvalue weighted by Gasteiger charge is 2.42. The van der Waals surface area contributed by atoms with Crippen molar-refractivity contribution in [3.05, 3.63) is 40.4 Å². The maximum absolute atomic E-state index is 13.2. The van der Waals surface area contributed by atoms with Gasteiger partial charge in [-0.1, -0.05) is 45.4 Å². The smallest absolute Gasteiger partial charge is 0.309 e. The molecule has 2 N–H and O–H groups in total. The monoisotopic (exact) mass is 501 g/mol. The first-order valence-electron chi connectivity index (χ1n) is 12.5. The number of nitrogens with zero attached hydrogens (tertiary/aromatic N) is 1. The van der Waals surface area contributed by atoms with Gasteiger partial charge in [0.1, 0.15) is 11.9 Å². The molecule has 0 fully saturated rings. The minimum absolute atomic E-state index is 0.0476. The van der Waals surface area contributed by atoms with Crippen LogP contribution in [0.2, 0.25) is 0 Å². The molecule has 0 spiro atoms. The topological polar surface area (TPSA) is 96.7 Å². The van der Waals surface area contributed by atoms with Crippen LogP contribution < -0.4 is 0 Å². The number of thiazole rings is 1. The van der Waals surface area contributed by atoms with Gasteiger partial charge in [0.15, 0.2) is 0 Å². The number of aromatic nitrogens is 1. The number of esters is 1.